The fraction of sp³-hybridized carbons (Fsp3) is 0.667. The van der Waals surface area contributed by atoms with Crippen molar-refractivity contribution in [2.24, 2.45) is 0 Å². The smallest absolute Gasteiger partial charge is 0.382 e. The summed E-state index contributed by atoms with van der Waals surface area (Å²) in [5.41, 5.74) is 0. The predicted octanol–water partition coefficient (Wildman–Crippen LogP) is 7.90. The third-order valence-corrected chi connectivity index (χ3v) is 6.34. The first-order valence-corrected chi connectivity index (χ1v) is 14.6. The zero-order chi connectivity index (χ0) is 27.2. The number of rotatable bonds is 24. The van der Waals surface area contributed by atoms with Gasteiger partial charge in [-0.15, -0.1) is 6.42 Å². The average Bonchev–Trinajstić information content (AvgIpc) is 2.88. The zero-order valence-electron chi connectivity index (χ0n) is 23.1. The van der Waals surface area contributed by atoms with Crippen LogP contribution >= 0.6 is 0 Å². The molecule has 3 N–H and O–H groups in total. The average molecular weight is 513 g/mol. The van der Waals surface area contributed by atoms with Gasteiger partial charge in [-0.25, -0.2) is 4.79 Å². The first-order valence-electron chi connectivity index (χ1n) is 14.6. The molecule has 0 amide bonds. The molecule has 208 valence electrons. The van der Waals surface area contributed by atoms with Gasteiger partial charge in [0.2, 0.25) is 0 Å². The third-order valence-electron chi connectivity index (χ3n) is 6.34. The summed E-state index contributed by atoms with van der Waals surface area (Å²) in [6, 6.07) is 0. The molecule has 0 heterocycles. The fourth-order valence-corrected chi connectivity index (χ4v) is 4.14. The van der Waals surface area contributed by atoms with Crippen LogP contribution in [0.4, 0.5) is 0 Å². The predicted molar refractivity (Wildman–Crippen MR) is 156 cm³/mol. The van der Waals surface area contributed by atoms with E-state index in [0.717, 1.165) is 38.5 Å². The van der Waals surface area contributed by atoms with E-state index >= 15 is 0 Å². The maximum atomic E-state index is 10.2. The number of carboxylic acids is 1. The van der Waals surface area contributed by atoms with Crippen molar-refractivity contribution in [3.63, 3.8) is 0 Å². The highest BCUT2D eigenvalue weighted by Gasteiger charge is 1.99. The maximum Gasteiger partial charge on any atom is 0.382 e. The molecule has 0 rings (SSSR count). The van der Waals surface area contributed by atoms with E-state index < -0.39 is 12.1 Å². The van der Waals surface area contributed by atoms with Crippen LogP contribution in [0.1, 0.15) is 128 Å². The van der Waals surface area contributed by atoms with Crippen LogP contribution < -0.4 is 0 Å². The summed E-state index contributed by atoms with van der Waals surface area (Å²) in [5.74, 6) is 5.76. The van der Waals surface area contributed by atoms with E-state index in [1.165, 1.54) is 89.9 Å². The summed E-state index contributed by atoms with van der Waals surface area (Å²) >= 11 is 0. The zero-order valence-corrected chi connectivity index (χ0v) is 23.1. The number of hydrogen-bond donors (Lipinski definition) is 3. The van der Waals surface area contributed by atoms with Gasteiger partial charge in [-0.05, 0) is 57.1 Å². The van der Waals surface area contributed by atoms with Crippen LogP contribution in [0.5, 0.6) is 0 Å². The number of unbranched alkanes of at least 4 members (excludes halogenated alkanes) is 17. The second-order valence-electron chi connectivity index (χ2n) is 9.82. The van der Waals surface area contributed by atoms with E-state index in [0.29, 0.717) is 0 Å². The highest BCUT2D eigenvalue weighted by atomic mass is 16.4. The van der Waals surface area contributed by atoms with E-state index in [2.05, 4.69) is 23.8 Å². The van der Waals surface area contributed by atoms with Gasteiger partial charge in [-0.3, -0.25) is 0 Å². The van der Waals surface area contributed by atoms with E-state index in [4.69, 9.17) is 11.5 Å². The van der Waals surface area contributed by atoms with Crippen molar-refractivity contribution in [2.45, 2.75) is 141 Å². The van der Waals surface area contributed by atoms with Crippen LogP contribution in [-0.4, -0.2) is 33.5 Å². The normalized spacial score (nSPS) is 13.1. The molecule has 0 aromatic carbocycles. The Hall–Kier alpha value is -2.27. The van der Waals surface area contributed by atoms with Crippen molar-refractivity contribution in [2.75, 3.05) is 0 Å². The molecule has 4 nitrogen and oxygen atoms in total. The lowest BCUT2D eigenvalue weighted by atomic mass is 10.0. The molecule has 0 spiro atoms. The van der Waals surface area contributed by atoms with E-state index in [9.17, 15) is 15.0 Å². The third kappa shape index (κ3) is 29.8. The van der Waals surface area contributed by atoms with Crippen LogP contribution in [0.2, 0.25) is 0 Å². The summed E-state index contributed by atoms with van der Waals surface area (Å²) in [4.78, 5) is 10.2. The largest absolute Gasteiger partial charge is 0.472 e. The van der Waals surface area contributed by atoms with Crippen LogP contribution in [0.15, 0.2) is 36.5 Å². The number of aliphatic carboxylic acids is 1. The van der Waals surface area contributed by atoms with Gasteiger partial charge in [0.25, 0.3) is 0 Å². The lowest BCUT2D eigenvalue weighted by Crippen LogP contribution is -2.01. The second-order valence-corrected chi connectivity index (χ2v) is 9.82. The number of hydrogen-bond acceptors (Lipinski definition) is 3. The van der Waals surface area contributed by atoms with Crippen molar-refractivity contribution in [3.8, 4) is 24.2 Å². The Morgan fingerprint density at radius 2 is 1.08 bits per heavy atom. The van der Waals surface area contributed by atoms with Crippen molar-refractivity contribution >= 4 is 5.97 Å². The van der Waals surface area contributed by atoms with Crippen LogP contribution in [-0.2, 0) is 4.79 Å². The molecule has 0 aliphatic rings. The summed E-state index contributed by atoms with van der Waals surface area (Å²) in [5, 5.41) is 27.7. The van der Waals surface area contributed by atoms with E-state index in [1.54, 1.807) is 12.2 Å². The Balaban J connectivity index is 3.35. The molecule has 2 atom stereocenters. The first-order chi connectivity index (χ1) is 18.1. The van der Waals surface area contributed by atoms with Crippen molar-refractivity contribution < 1.29 is 20.1 Å². The number of carbonyl (C=O) groups is 1. The Kier molecular flexibility index (Phi) is 26.6. The topological polar surface area (TPSA) is 77.8 Å². The van der Waals surface area contributed by atoms with Gasteiger partial charge in [-0.1, -0.05) is 120 Å². The monoisotopic (exact) mass is 512 g/mol. The summed E-state index contributed by atoms with van der Waals surface area (Å²) in [6.07, 6.45) is 39.1. The minimum absolute atomic E-state index is 0.297. The molecule has 0 aromatic rings. The number of aliphatic hydroxyl groups excluding tert-OH is 2. The highest BCUT2D eigenvalue weighted by molar-refractivity contribution is 5.86. The summed E-state index contributed by atoms with van der Waals surface area (Å²) < 4.78 is 0. The molecule has 0 fully saturated rings. The van der Waals surface area contributed by atoms with Crippen molar-refractivity contribution in [1.29, 1.82) is 0 Å². The lowest BCUT2D eigenvalue weighted by molar-refractivity contribution is -0.130. The van der Waals surface area contributed by atoms with Crippen LogP contribution in [0, 0.1) is 24.2 Å². The van der Waals surface area contributed by atoms with Gasteiger partial charge in [-0.2, -0.15) is 0 Å². The van der Waals surface area contributed by atoms with Crippen LogP contribution in [0.25, 0.3) is 0 Å². The van der Waals surface area contributed by atoms with Crippen LogP contribution in [0.3, 0.4) is 0 Å². The number of aliphatic hydroxyl groups is 2. The van der Waals surface area contributed by atoms with Gasteiger partial charge in [0.15, 0.2) is 0 Å². The molecule has 0 radical (unpaired) electrons. The Bertz CT molecular complexity index is 717. The molecular formula is C33H52O4. The van der Waals surface area contributed by atoms with E-state index in [-0.39, 0.29) is 6.10 Å². The standard InChI is InChI=1S/C33H52O4/c1-2-31(34)27-23-19-15-11-7-4-3-5-8-12-16-20-24-28-32(35)29-25-21-17-13-9-6-10-14-18-22-26-30-33(36)37/h1,18,22-24,27-28,31-32,34-35H,3-17,19-21,25,29H2,(H,36,37). The summed E-state index contributed by atoms with van der Waals surface area (Å²) in [7, 11) is 0. The molecule has 2 unspecified atom stereocenters. The molecule has 37 heavy (non-hydrogen) atoms. The van der Waals surface area contributed by atoms with Gasteiger partial charge < -0.3 is 15.3 Å². The van der Waals surface area contributed by atoms with Gasteiger partial charge in [0.1, 0.15) is 6.10 Å². The second kappa shape index (κ2) is 28.3. The first kappa shape index (κ1) is 34.7. The molecule has 0 aliphatic heterocycles. The SMILES string of the molecule is C#CC(O)C=CCCCCCCCCCCCC=CC(O)CCCCCCCCCC=CC#CC(=O)O. The molecule has 0 saturated carbocycles. The minimum Gasteiger partial charge on any atom is -0.472 e. The molecule has 0 aliphatic carbocycles. The number of carboxylic acid groups (broad SMARTS) is 1. The number of allylic oxidation sites excluding steroid dienone is 4. The van der Waals surface area contributed by atoms with Gasteiger partial charge in [0, 0.05) is 5.92 Å². The maximum absolute atomic E-state index is 10.2. The Morgan fingerprint density at radius 3 is 1.57 bits per heavy atom. The molecular weight excluding hydrogens is 460 g/mol. The Labute approximate surface area is 227 Å². The molecule has 0 saturated heterocycles. The molecule has 4 heteroatoms. The fourth-order valence-electron chi connectivity index (χ4n) is 4.14. The molecule has 0 aromatic heterocycles. The quantitative estimate of drug-likeness (QED) is 0.0698. The van der Waals surface area contributed by atoms with Gasteiger partial charge >= 0.3 is 5.97 Å². The Morgan fingerprint density at radius 1 is 0.649 bits per heavy atom. The van der Waals surface area contributed by atoms with Crippen molar-refractivity contribution in [1.82, 2.24) is 0 Å². The van der Waals surface area contributed by atoms with Crippen molar-refractivity contribution in [3.05, 3.63) is 36.5 Å². The van der Waals surface area contributed by atoms with Gasteiger partial charge in [0.05, 0.1) is 6.10 Å². The summed E-state index contributed by atoms with van der Waals surface area (Å²) in [6.45, 7) is 0. The lowest BCUT2D eigenvalue weighted by Gasteiger charge is -2.06. The highest BCUT2D eigenvalue weighted by Crippen LogP contribution is 2.13. The minimum atomic E-state index is -1.09. The number of terminal acetylenes is 1. The van der Waals surface area contributed by atoms with E-state index in [1.807, 2.05) is 18.2 Å². The molecule has 0 bridgehead atoms.